The van der Waals surface area contributed by atoms with Gasteiger partial charge in [0, 0.05) is 55.9 Å². The van der Waals surface area contributed by atoms with Crippen LogP contribution in [0.2, 0.25) is 0 Å². The molecule has 11 heteroatoms. The molecule has 2 N–H and O–H groups in total. The van der Waals surface area contributed by atoms with Crippen molar-refractivity contribution in [2.75, 3.05) is 10.6 Å². The van der Waals surface area contributed by atoms with Crippen LogP contribution < -0.4 is 10.6 Å². The fourth-order valence-electron chi connectivity index (χ4n) is 5.77. The van der Waals surface area contributed by atoms with Gasteiger partial charge in [0.05, 0.1) is 0 Å². The highest BCUT2D eigenvalue weighted by molar-refractivity contribution is 6.38. The smallest absolute Gasteiger partial charge is 0.243 e. The molecule has 11 nitrogen and oxygen atoms in total. The summed E-state index contributed by atoms with van der Waals surface area (Å²) in [5.74, 6) is -9.35. The van der Waals surface area contributed by atoms with Gasteiger partial charge < -0.3 is 10.6 Å². The molecule has 0 saturated carbocycles. The molecule has 0 aliphatic heterocycles. The number of nitrogens with one attached hydrogen (secondary N) is 2. The third kappa shape index (κ3) is 5.47. The van der Waals surface area contributed by atoms with Gasteiger partial charge in [-0.3, -0.25) is 43.2 Å². The van der Waals surface area contributed by atoms with Crippen LogP contribution in [0, 0.1) is 11.8 Å². The molecule has 0 saturated heterocycles. The van der Waals surface area contributed by atoms with E-state index >= 15 is 0 Å². The van der Waals surface area contributed by atoms with Gasteiger partial charge in [0.1, 0.15) is 0 Å². The van der Waals surface area contributed by atoms with E-state index < -0.39 is 52.6 Å². The van der Waals surface area contributed by atoms with E-state index in [1.54, 1.807) is 24.3 Å². The summed E-state index contributed by atoms with van der Waals surface area (Å²) < 4.78 is 0. The zero-order valence-corrected chi connectivity index (χ0v) is 25.4. The number of hydrogen-bond donors (Lipinski definition) is 2. The quantitative estimate of drug-likeness (QED) is 0.206. The lowest BCUT2D eigenvalue weighted by atomic mass is 9.96. The summed E-state index contributed by atoms with van der Waals surface area (Å²) >= 11 is 0. The Labute approximate surface area is 272 Å². The Bertz CT molecular complexity index is 2040. The number of Topliss-reactive ketones (excluding diaryl/α,β-unsaturated/α-hetero) is 6. The molecule has 2 aliphatic carbocycles. The van der Waals surface area contributed by atoms with E-state index in [1.807, 2.05) is 0 Å². The second-order valence-corrected chi connectivity index (χ2v) is 11.4. The topological polar surface area (TPSA) is 178 Å². The summed E-state index contributed by atoms with van der Waals surface area (Å²) in [6.45, 7) is 2.71. The molecule has 2 amide bonds. The monoisotopic (exact) mass is 640 g/mol. The summed E-state index contributed by atoms with van der Waals surface area (Å²) in [7, 11) is 0. The largest absolute Gasteiger partial charge is 0.325 e. The van der Waals surface area contributed by atoms with Crippen LogP contribution >= 0.6 is 0 Å². The SMILES string of the molecule is CC(=O)c1cccc(NC(=O)C2C(=O)c3ccc(C(=O)c4ccc5c(c4)C(=O)C(C(=O)Nc4cccc(C(C)=O)c4)C5=O)cc3C2=O)c1. The van der Waals surface area contributed by atoms with Crippen molar-refractivity contribution in [2.45, 2.75) is 13.8 Å². The van der Waals surface area contributed by atoms with Gasteiger partial charge in [-0.25, -0.2) is 0 Å². The molecule has 0 bridgehead atoms. The van der Waals surface area contributed by atoms with E-state index in [9.17, 15) is 43.2 Å². The highest BCUT2D eigenvalue weighted by atomic mass is 16.2. The number of fused-ring (bicyclic) bond motifs is 2. The Kier molecular flexibility index (Phi) is 7.89. The van der Waals surface area contributed by atoms with Crippen LogP contribution in [0.1, 0.15) is 91.9 Å². The first-order chi connectivity index (χ1) is 22.8. The molecule has 0 heterocycles. The minimum absolute atomic E-state index is 0.0125. The van der Waals surface area contributed by atoms with Gasteiger partial charge in [-0.1, -0.05) is 36.4 Å². The van der Waals surface area contributed by atoms with Crippen molar-refractivity contribution < 1.29 is 43.2 Å². The number of amides is 2. The molecule has 0 aromatic heterocycles. The predicted molar refractivity (Wildman–Crippen MR) is 171 cm³/mol. The number of hydrogen-bond acceptors (Lipinski definition) is 9. The fraction of sp³-hybridized carbons (Fsp3) is 0.108. The van der Waals surface area contributed by atoms with Crippen LogP contribution in [-0.2, 0) is 9.59 Å². The van der Waals surface area contributed by atoms with Crippen molar-refractivity contribution in [3.63, 3.8) is 0 Å². The highest BCUT2D eigenvalue weighted by Gasteiger charge is 2.45. The summed E-state index contributed by atoms with van der Waals surface area (Å²) in [5.41, 5.74) is 0.773. The molecule has 2 unspecified atom stereocenters. The minimum Gasteiger partial charge on any atom is -0.325 e. The third-order valence-electron chi connectivity index (χ3n) is 8.27. The van der Waals surface area contributed by atoms with Crippen molar-refractivity contribution in [1.82, 2.24) is 0 Å². The van der Waals surface area contributed by atoms with Gasteiger partial charge in [-0.05, 0) is 62.4 Å². The molecule has 0 spiro atoms. The van der Waals surface area contributed by atoms with E-state index in [1.165, 1.54) is 74.5 Å². The second-order valence-electron chi connectivity index (χ2n) is 11.4. The lowest BCUT2D eigenvalue weighted by Gasteiger charge is -2.09. The summed E-state index contributed by atoms with van der Waals surface area (Å²) in [4.78, 5) is 116. The molecule has 4 aromatic carbocycles. The van der Waals surface area contributed by atoms with E-state index in [4.69, 9.17) is 0 Å². The summed E-state index contributed by atoms with van der Waals surface area (Å²) in [5, 5.41) is 5.00. The van der Waals surface area contributed by atoms with Crippen molar-refractivity contribution in [1.29, 1.82) is 0 Å². The van der Waals surface area contributed by atoms with Crippen LogP contribution in [0.5, 0.6) is 0 Å². The van der Waals surface area contributed by atoms with Gasteiger partial charge in [0.15, 0.2) is 52.3 Å². The van der Waals surface area contributed by atoms with E-state index in [0.29, 0.717) is 11.1 Å². The first-order valence-corrected chi connectivity index (χ1v) is 14.7. The first kappa shape index (κ1) is 31.5. The zero-order valence-electron chi connectivity index (χ0n) is 25.4. The minimum atomic E-state index is -1.69. The number of carbonyl (C=O) groups is 9. The number of anilines is 2. The Morgan fingerprint density at radius 3 is 1.21 bits per heavy atom. The lowest BCUT2D eigenvalue weighted by Crippen LogP contribution is -2.31. The fourth-order valence-corrected chi connectivity index (χ4v) is 5.77. The van der Waals surface area contributed by atoms with Crippen LogP contribution in [0.3, 0.4) is 0 Å². The van der Waals surface area contributed by atoms with Crippen LogP contribution in [-0.4, -0.2) is 52.3 Å². The Hall–Kier alpha value is -6.49. The summed E-state index contributed by atoms with van der Waals surface area (Å²) in [6, 6.07) is 19.7. The van der Waals surface area contributed by atoms with Gasteiger partial charge >= 0.3 is 0 Å². The van der Waals surface area contributed by atoms with Gasteiger partial charge in [-0.2, -0.15) is 0 Å². The average Bonchev–Trinajstić information content (AvgIpc) is 3.47. The van der Waals surface area contributed by atoms with E-state index in [2.05, 4.69) is 10.6 Å². The standard InChI is InChI=1S/C37H24N2O9/c1-17(40)19-5-3-7-23(13-19)38-36(47)29-32(43)25-11-9-21(15-27(25)34(29)45)31(42)22-10-12-26-28(16-22)35(46)30(33(26)44)37(48)39-24-8-4-6-20(14-24)18(2)41/h3-16,29-30H,1-2H3,(H,38,47)(H,39,48). The molecule has 48 heavy (non-hydrogen) atoms. The molecule has 236 valence electrons. The summed E-state index contributed by atoms with van der Waals surface area (Å²) in [6.07, 6.45) is 0. The van der Waals surface area contributed by atoms with Crippen molar-refractivity contribution in [2.24, 2.45) is 11.8 Å². The lowest BCUT2D eigenvalue weighted by molar-refractivity contribution is -0.118. The van der Waals surface area contributed by atoms with Crippen LogP contribution in [0.15, 0.2) is 84.9 Å². The van der Waals surface area contributed by atoms with E-state index in [0.717, 1.165) is 0 Å². The molecular weight excluding hydrogens is 616 g/mol. The normalized spacial score (nSPS) is 16.3. The van der Waals surface area contributed by atoms with Crippen LogP contribution in [0.4, 0.5) is 11.4 Å². The Morgan fingerprint density at radius 2 is 0.833 bits per heavy atom. The maximum absolute atomic E-state index is 13.5. The van der Waals surface area contributed by atoms with Gasteiger partial charge in [0.2, 0.25) is 11.8 Å². The Balaban J connectivity index is 1.20. The molecule has 0 radical (unpaired) electrons. The highest BCUT2D eigenvalue weighted by Crippen LogP contribution is 2.32. The zero-order chi connectivity index (χ0) is 34.4. The predicted octanol–water partition coefficient (Wildman–Crippen LogP) is 4.59. The first-order valence-electron chi connectivity index (χ1n) is 14.7. The third-order valence-corrected chi connectivity index (χ3v) is 8.27. The average molecular weight is 641 g/mol. The maximum Gasteiger partial charge on any atom is 0.243 e. The number of rotatable bonds is 8. The number of carbonyl (C=O) groups excluding carboxylic acids is 9. The second kappa shape index (κ2) is 12.0. The Morgan fingerprint density at radius 1 is 0.458 bits per heavy atom. The molecule has 0 fully saturated rings. The maximum atomic E-state index is 13.5. The molecule has 4 aromatic rings. The van der Waals surface area contributed by atoms with Crippen molar-refractivity contribution in [3.8, 4) is 0 Å². The van der Waals surface area contributed by atoms with Crippen molar-refractivity contribution in [3.05, 3.63) is 129 Å². The number of benzene rings is 4. The number of ketones is 7. The molecular formula is C37H24N2O9. The van der Waals surface area contributed by atoms with E-state index in [-0.39, 0.29) is 56.3 Å². The molecule has 2 atom stereocenters. The van der Waals surface area contributed by atoms with Gasteiger partial charge in [0.25, 0.3) is 0 Å². The van der Waals surface area contributed by atoms with Crippen molar-refractivity contribution >= 4 is 63.7 Å². The van der Waals surface area contributed by atoms with Gasteiger partial charge in [-0.15, -0.1) is 0 Å². The van der Waals surface area contributed by atoms with Crippen LogP contribution in [0.25, 0.3) is 0 Å². The molecule has 2 aliphatic rings. The molecule has 6 rings (SSSR count).